The van der Waals surface area contributed by atoms with Crippen LogP contribution in [0.5, 0.6) is 5.75 Å². The molecule has 0 spiro atoms. The maximum atomic E-state index is 13.0. The zero-order valence-electron chi connectivity index (χ0n) is 16.9. The number of nitrogens with one attached hydrogen (secondary N) is 1. The maximum absolute atomic E-state index is 13.0. The number of carbonyl (C=O) groups is 3. The van der Waals surface area contributed by atoms with Gasteiger partial charge in [0.25, 0.3) is 0 Å². The Morgan fingerprint density at radius 1 is 1.23 bits per heavy atom. The van der Waals surface area contributed by atoms with Crippen molar-refractivity contribution in [1.82, 2.24) is 4.90 Å². The number of ether oxygens (including phenoxy) is 1. The monoisotopic (exact) mass is 429 g/mol. The molecule has 1 fully saturated rings. The van der Waals surface area contributed by atoms with Crippen molar-refractivity contribution >= 4 is 40.7 Å². The van der Waals surface area contributed by atoms with E-state index in [4.69, 9.17) is 16.3 Å². The Labute approximate surface area is 180 Å². The van der Waals surface area contributed by atoms with Crippen LogP contribution in [0.1, 0.15) is 13.3 Å². The highest BCUT2D eigenvalue weighted by Gasteiger charge is 2.37. The molecule has 0 bridgehead atoms. The van der Waals surface area contributed by atoms with Gasteiger partial charge in [0.2, 0.25) is 17.7 Å². The number of para-hydroxylation sites is 1. The minimum Gasteiger partial charge on any atom is -0.497 e. The molecule has 1 N–H and O–H groups in total. The molecule has 1 atom stereocenters. The largest absolute Gasteiger partial charge is 0.497 e. The molecule has 30 heavy (non-hydrogen) atoms. The lowest BCUT2D eigenvalue weighted by Crippen LogP contribution is -2.42. The third-order valence-corrected chi connectivity index (χ3v) is 5.32. The van der Waals surface area contributed by atoms with Crippen LogP contribution in [0.2, 0.25) is 5.02 Å². The van der Waals surface area contributed by atoms with E-state index in [9.17, 15) is 14.4 Å². The molecule has 0 radical (unpaired) electrons. The van der Waals surface area contributed by atoms with Crippen molar-refractivity contribution in [2.45, 2.75) is 13.3 Å². The van der Waals surface area contributed by atoms with Gasteiger partial charge in [-0.2, -0.15) is 0 Å². The molecule has 1 heterocycles. The average molecular weight is 430 g/mol. The number of likely N-dealkylation sites (N-methyl/N-ethyl adjacent to an activating group) is 1. The van der Waals surface area contributed by atoms with Gasteiger partial charge in [0.05, 0.1) is 30.3 Å². The Morgan fingerprint density at radius 3 is 2.70 bits per heavy atom. The van der Waals surface area contributed by atoms with E-state index >= 15 is 0 Å². The fourth-order valence-corrected chi connectivity index (χ4v) is 3.69. The molecule has 0 saturated carbocycles. The van der Waals surface area contributed by atoms with Crippen LogP contribution >= 0.6 is 11.6 Å². The third kappa shape index (κ3) is 4.91. The van der Waals surface area contributed by atoms with Crippen LogP contribution in [-0.2, 0) is 14.4 Å². The number of methoxy groups -OCH3 is 1. The van der Waals surface area contributed by atoms with Crippen LogP contribution in [0.25, 0.3) is 0 Å². The van der Waals surface area contributed by atoms with E-state index < -0.39 is 5.92 Å². The van der Waals surface area contributed by atoms with Crippen molar-refractivity contribution in [3.05, 3.63) is 53.6 Å². The van der Waals surface area contributed by atoms with Gasteiger partial charge in [-0.1, -0.05) is 29.8 Å². The summed E-state index contributed by atoms with van der Waals surface area (Å²) in [5, 5.41) is 3.23. The Hall–Kier alpha value is -3.06. The van der Waals surface area contributed by atoms with Gasteiger partial charge in [-0.05, 0) is 31.2 Å². The minimum atomic E-state index is -0.515. The fourth-order valence-electron chi connectivity index (χ4n) is 3.45. The number of hydrogen-bond donors (Lipinski definition) is 1. The fraction of sp³-hybridized carbons (Fsp3) is 0.318. The lowest BCUT2D eigenvalue weighted by Gasteiger charge is -2.24. The molecule has 0 aliphatic carbocycles. The molecular formula is C22H24ClN3O4. The van der Waals surface area contributed by atoms with Crippen molar-refractivity contribution in [3.63, 3.8) is 0 Å². The Kier molecular flexibility index (Phi) is 6.95. The second kappa shape index (κ2) is 9.63. The molecule has 1 aliphatic heterocycles. The molecule has 2 aromatic carbocycles. The van der Waals surface area contributed by atoms with Crippen LogP contribution in [-0.4, -0.2) is 49.4 Å². The molecule has 0 unspecified atom stereocenters. The summed E-state index contributed by atoms with van der Waals surface area (Å²) in [6.07, 6.45) is 0.0953. The molecule has 2 aromatic rings. The summed E-state index contributed by atoms with van der Waals surface area (Å²) in [5.41, 5.74) is 1.18. The summed E-state index contributed by atoms with van der Waals surface area (Å²) < 4.78 is 5.15. The van der Waals surface area contributed by atoms with E-state index in [1.807, 2.05) is 0 Å². The Balaban J connectivity index is 1.63. The van der Waals surface area contributed by atoms with E-state index in [1.165, 1.54) is 9.80 Å². The van der Waals surface area contributed by atoms with Crippen molar-refractivity contribution in [2.75, 3.05) is 37.0 Å². The number of anilines is 2. The van der Waals surface area contributed by atoms with Gasteiger partial charge < -0.3 is 19.9 Å². The van der Waals surface area contributed by atoms with E-state index in [1.54, 1.807) is 62.6 Å². The number of nitrogens with zero attached hydrogens (tertiary/aromatic N) is 2. The lowest BCUT2D eigenvalue weighted by molar-refractivity contribution is -0.138. The maximum Gasteiger partial charge on any atom is 0.243 e. The van der Waals surface area contributed by atoms with Gasteiger partial charge in [0.1, 0.15) is 5.75 Å². The summed E-state index contributed by atoms with van der Waals surface area (Å²) >= 11 is 6.20. The van der Waals surface area contributed by atoms with Gasteiger partial charge in [-0.3, -0.25) is 14.4 Å². The number of carbonyl (C=O) groups excluding carboxylic acids is 3. The quantitative estimate of drug-likeness (QED) is 0.733. The molecule has 3 amide bonds. The molecule has 1 saturated heterocycles. The average Bonchev–Trinajstić information content (AvgIpc) is 3.13. The summed E-state index contributed by atoms with van der Waals surface area (Å²) in [6, 6.07) is 14.0. The Morgan fingerprint density at radius 2 is 2.00 bits per heavy atom. The van der Waals surface area contributed by atoms with Gasteiger partial charge >= 0.3 is 0 Å². The molecule has 0 aromatic heterocycles. The predicted molar refractivity (Wildman–Crippen MR) is 116 cm³/mol. The van der Waals surface area contributed by atoms with Gasteiger partial charge in [-0.15, -0.1) is 0 Å². The zero-order valence-corrected chi connectivity index (χ0v) is 17.7. The van der Waals surface area contributed by atoms with Crippen LogP contribution in [0.4, 0.5) is 11.4 Å². The first-order chi connectivity index (χ1) is 14.4. The van der Waals surface area contributed by atoms with Crippen molar-refractivity contribution in [3.8, 4) is 5.75 Å². The highest BCUT2D eigenvalue weighted by Crippen LogP contribution is 2.31. The number of rotatable bonds is 7. The van der Waals surface area contributed by atoms with Gasteiger partial charge in [-0.25, -0.2) is 0 Å². The number of hydrogen-bond acceptors (Lipinski definition) is 4. The standard InChI is InChI=1S/C22H24ClN3O4/c1-3-25(14-20(27)24-16-7-6-8-17(12-16)30-2)22(29)15-11-21(28)26(13-15)19-10-5-4-9-18(19)23/h4-10,12,15H,3,11,13-14H2,1-2H3,(H,24,27)/t15-/m0/s1. The van der Waals surface area contributed by atoms with E-state index in [0.29, 0.717) is 28.7 Å². The first-order valence-corrected chi connectivity index (χ1v) is 10.1. The topological polar surface area (TPSA) is 79.0 Å². The van der Waals surface area contributed by atoms with Crippen LogP contribution in [0, 0.1) is 5.92 Å². The van der Waals surface area contributed by atoms with Crippen molar-refractivity contribution in [1.29, 1.82) is 0 Å². The van der Waals surface area contributed by atoms with Gasteiger partial charge in [0.15, 0.2) is 0 Å². The van der Waals surface area contributed by atoms with Crippen LogP contribution < -0.4 is 15.0 Å². The summed E-state index contributed by atoms with van der Waals surface area (Å²) in [4.78, 5) is 40.9. The lowest BCUT2D eigenvalue weighted by atomic mass is 10.1. The number of amides is 3. The minimum absolute atomic E-state index is 0.0939. The first kappa shape index (κ1) is 21.6. The van der Waals surface area contributed by atoms with E-state index in [0.717, 1.165) is 0 Å². The SMILES string of the molecule is CCN(CC(=O)Nc1cccc(OC)c1)C(=O)[C@H]1CC(=O)N(c2ccccc2Cl)C1. The molecule has 3 rings (SSSR count). The first-order valence-electron chi connectivity index (χ1n) is 9.70. The van der Waals surface area contributed by atoms with E-state index in [-0.39, 0.29) is 37.2 Å². The number of benzene rings is 2. The molecule has 8 heteroatoms. The smallest absolute Gasteiger partial charge is 0.243 e. The Bertz CT molecular complexity index is 949. The normalized spacial score (nSPS) is 15.8. The molecular weight excluding hydrogens is 406 g/mol. The van der Waals surface area contributed by atoms with Crippen LogP contribution in [0.3, 0.4) is 0 Å². The second-order valence-corrected chi connectivity index (χ2v) is 7.40. The highest BCUT2D eigenvalue weighted by molar-refractivity contribution is 6.33. The van der Waals surface area contributed by atoms with E-state index in [2.05, 4.69) is 5.32 Å². The summed E-state index contributed by atoms with van der Waals surface area (Å²) in [7, 11) is 1.55. The second-order valence-electron chi connectivity index (χ2n) is 6.99. The molecule has 7 nitrogen and oxygen atoms in total. The highest BCUT2D eigenvalue weighted by atomic mass is 35.5. The summed E-state index contributed by atoms with van der Waals surface area (Å²) in [5.74, 6) is -0.580. The van der Waals surface area contributed by atoms with Gasteiger partial charge in [0, 0.05) is 31.3 Å². The zero-order chi connectivity index (χ0) is 21.7. The molecule has 158 valence electrons. The predicted octanol–water partition coefficient (Wildman–Crippen LogP) is 3.19. The van der Waals surface area contributed by atoms with Crippen molar-refractivity contribution < 1.29 is 19.1 Å². The van der Waals surface area contributed by atoms with Crippen molar-refractivity contribution in [2.24, 2.45) is 5.92 Å². The number of halogens is 1. The van der Waals surface area contributed by atoms with Crippen LogP contribution in [0.15, 0.2) is 48.5 Å². The third-order valence-electron chi connectivity index (χ3n) is 5.00. The molecule has 1 aliphatic rings. The summed E-state index contributed by atoms with van der Waals surface area (Å²) in [6.45, 7) is 2.32.